The van der Waals surface area contributed by atoms with Gasteiger partial charge in [-0.3, -0.25) is 4.68 Å². The fourth-order valence-corrected chi connectivity index (χ4v) is 3.11. The Morgan fingerprint density at radius 2 is 2.50 bits per heavy atom. The molecule has 14 heavy (non-hydrogen) atoms. The molecule has 0 aliphatic carbocycles. The van der Waals surface area contributed by atoms with Crippen molar-refractivity contribution >= 4 is 11.8 Å². The first kappa shape index (κ1) is 9.98. The molecular weight excluding hydrogens is 196 g/mol. The largest absolute Gasteiger partial charge is 0.322 e. The number of nitrogens with zero attached hydrogens (tertiary/aromatic N) is 3. The molecule has 1 aliphatic heterocycles. The lowest BCUT2D eigenvalue weighted by atomic mass is 10.1. The Bertz CT molecular complexity index is 293. The maximum Gasteiger partial charge on any atom is 0.100 e. The Kier molecular flexibility index (Phi) is 3.08. The highest BCUT2D eigenvalue weighted by Crippen LogP contribution is 2.32. The lowest BCUT2D eigenvalue weighted by Gasteiger charge is -2.25. The number of aryl methyl sites for hydroxylation is 1. The Morgan fingerprint density at radius 1 is 1.64 bits per heavy atom. The summed E-state index contributed by atoms with van der Waals surface area (Å²) in [4.78, 5) is 0. The first-order chi connectivity index (χ1) is 6.77. The third-order valence-corrected chi connectivity index (χ3v) is 4.06. The SMILES string of the molecule is Cn1cc(C(N)C2CCCCS2)nn1. The monoisotopic (exact) mass is 212 g/mol. The van der Waals surface area contributed by atoms with Crippen LogP contribution in [0.25, 0.3) is 0 Å². The molecular formula is C9H16N4S. The van der Waals surface area contributed by atoms with Crippen LogP contribution in [0.15, 0.2) is 6.20 Å². The molecule has 1 fully saturated rings. The van der Waals surface area contributed by atoms with Crippen LogP contribution in [-0.4, -0.2) is 26.0 Å². The van der Waals surface area contributed by atoms with Gasteiger partial charge in [0.15, 0.2) is 0 Å². The molecule has 0 bridgehead atoms. The second-order valence-corrected chi connectivity index (χ2v) is 5.09. The fourth-order valence-electron chi connectivity index (χ4n) is 1.76. The Balaban J connectivity index is 2.03. The molecule has 0 radical (unpaired) electrons. The minimum atomic E-state index is 0.0500. The van der Waals surface area contributed by atoms with Crippen molar-refractivity contribution in [3.8, 4) is 0 Å². The summed E-state index contributed by atoms with van der Waals surface area (Å²) in [5.74, 6) is 1.23. The molecule has 0 saturated carbocycles. The lowest BCUT2D eigenvalue weighted by molar-refractivity contribution is 0.571. The van der Waals surface area contributed by atoms with Crippen LogP contribution in [0, 0.1) is 0 Å². The minimum Gasteiger partial charge on any atom is -0.322 e. The predicted octanol–water partition coefficient (Wildman–Crippen LogP) is 1.10. The smallest absolute Gasteiger partial charge is 0.100 e. The molecule has 2 unspecified atom stereocenters. The van der Waals surface area contributed by atoms with Gasteiger partial charge in [0.05, 0.1) is 6.04 Å². The van der Waals surface area contributed by atoms with E-state index in [4.69, 9.17) is 5.73 Å². The van der Waals surface area contributed by atoms with Crippen LogP contribution in [-0.2, 0) is 7.05 Å². The highest BCUT2D eigenvalue weighted by Gasteiger charge is 2.24. The van der Waals surface area contributed by atoms with Crippen molar-refractivity contribution in [2.24, 2.45) is 12.8 Å². The molecule has 2 N–H and O–H groups in total. The zero-order valence-corrected chi connectivity index (χ0v) is 9.20. The van der Waals surface area contributed by atoms with Crippen molar-refractivity contribution < 1.29 is 0 Å². The van der Waals surface area contributed by atoms with E-state index in [0.29, 0.717) is 5.25 Å². The summed E-state index contributed by atoms with van der Waals surface area (Å²) in [6, 6.07) is 0.0500. The number of thioether (sulfide) groups is 1. The van der Waals surface area contributed by atoms with Gasteiger partial charge in [0.1, 0.15) is 5.69 Å². The summed E-state index contributed by atoms with van der Waals surface area (Å²) in [5, 5.41) is 8.50. The van der Waals surface area contributed by atoms with E-state index in [1.165, 1.54) is 25.0 Å². The Labute approximate surface area is 88.2 Å². The molecule has 2 rings (SSSR count). The molecule has 78 valence electrons. The summed E-state index contributed by atoms with van der Waals surface area (Å²) in [7, 11) is 1.87. The molecule has 0 spiro atoms. The first-order valence-corrected chi connectivity index (χ1v) is 6.05. The molecule has 5 heteroatoms. The minimum absolute atomic E-state index is 0.0500. The third kappa shape index (κ3) is 2.09. The maximum atomic E-state index is 6.15. The average Bonchev–Trinajstić information content (AvgIpc) is 2.65. The Hall–Kier alpha value is -0.550. The summed E-state index contributed by atoms with van der Waals surface area (Å²) in [5.41, 5.74) is 7.07. The van der Waals surface area contributed by atoms with E-state index in [9.17, 15) is 0 Å². The summed E-state index contributed by atoms with van der Waals surface area (Å²) in [6.45, 7) is 0. The number of hydrogen-bond donors (Lipinski definition) is 1. The van der Waals surface area contributed by atoms with Crippen LogP contribution < -0.4 is 5.73 Å². The second-order valence-electron chi connectivity index (χ2n) is 3.75. The molecule has 2 atom stereocenters. The standard InChI is InChI=1S/C9H16N4S/c1-13-6-7(11-12-13)9(10)8-4-2-3-5-14-8/h6,8-9H,2-5,10H2,1H3. The zero-order valence-electron chi connectivity index (χ0n) is 8.39. The van der Waals surface area contributed by atoms with Crippen LogP contribution in [0.2, 0.25) is 0 Å². The van der Waals surface area contributed by atoms with E-state index in [-0.39, 0.29) is 6.04 Å². The molecule has 2 heterocycles. The highest BCUT2D eigenvalue weighted by atomic mass is 32.2. The van der Waals surface area contributed by atoms with Crippen LogP contribution in [0.4, 0.5) is 0 Å². The van der Waals surface area contributed by atoms with Crippen molar-refractivity contribution in [1.29, 1.82) is 0 Å². The van der Waals surface area contributed by atoms with Gasteiger partial charge in [-0.2, -0.15) is 11.8 Å². The summed E-state index contributed by atoms with van der Waals surface area (Å²) >= 11 is 1.97. The number of rotatable bonds is 2. The fraction of sp³-hybridized carbons (Fsp3) is 0.778. The molecule has 0 aromatic carbocycles. The number of nitrogens with two attached hydrogens (primary N) is 1. The van der Waals surface area contributed by atoms with Crippen molar-refractivity contribution in [2.75, 3.05) is 5.75 Å². The highest BCUT2D eigenvalue weighted by molar-refractivity contribution is 8.00. The quantitative estimate of drug-likeness (QED) is 0.797. The van der Waals surface area contributed by atoms with E-state index in [2.05, 4.69) is 10.3 Å². The van der Waals surface area contributed by atoms with E-state index in [0.717, 1.165) is 5.69 Å². The van der Waals surface area contributed by atoms with Crippen LogP contribution in [0.5, 0.6) is 0 Å². The van der Waals surface area contributed by atoms with Crippen molar-refractivity contribution in [3.63, 3.8) is 0 Å². The summed E-state index contributed by atoms with van der Waals surface area (Å²) in [6.07, 6.45) is 5.75. The number of hydrogen-bond acceptors (Lipinski definition) is 4. The molecule has 4 nitrogen and oxygen atoms in total. The van der Waals surface area contributed by atoms with E-state index >= 15 is 0 Å². The average molecular weight is 212 g/mol. The van der Waals surface area contributed by atoms with Crippen LogP contribution >= 0.6 is 11.8 Å². The van der Waals surface area contributed by atoms with Gasteiger partial charge in [-0.1, -0.05) is 11.6 Å². The zero-order chi connectivity index (χ0) is 9.97. The second kappa shape index (κ2) is 4.31. The molecule has 1 aromatic rings. The maximum absolute atomic E-state index is 6.15. The number of aromatic nitrogens is 3. The normalized spacial score (nSPS) is 24.9. The van der Waals surface area contributed by atoms with Gasteiger partial charge in [-0.25, -0.2) is 0 Å². The van der Waals surface area contributed by atoms with E-state index in [1.54, 1.807) is 4.68 Å². The first-order valence-electron chi connectivity index (χ1n) is 5.01. The van der Waals surface area contributed by atoms with Crippen molar-refractivity contribution in [2.45, 2.75) is 30.6 Å². The van der Waals surface area contributed by atoms with Gasteiger partial charge in [-0.15, -0.1) is 5.10 Å². The van der Waals surface area contributed by atoms with Crippen molar-refractivity contribution in [3.05, 3.63) is 11.9 Å². The van der Waals surface area contributed by atoms with Crippen molar-refractivity contribution in [1.82, 2.24) is 15.0 Å². The molecule has 1 aliphatic rings. The summed E-state index contributed by atoms with van der Waals surface area (Å²) < 4.78 is 1.71. The topological polar surface area (TPSA) is 56.7 Å². The molecule has 1 saturated heterocycles. The van der Waals surface area contributed by atoms with Gasteiger partial charge in [0, 0.05) is 18.5 Å². The van der Waals surface area contributed by atoms with Gasteiger partial charge < -0.3 is 5.73 Å². The van der Waals surface area contributed by atoms with Gasteiger partial charge >= 0.3 is 0 Å². The van der Waals surface area contributed by atoms with Gasteiger partial charge in [-0.05, 0) is 18.6 Å². The molecule has 1 aromatic heterocycles. The third-order valence-electron chi connectivity index (χ3n) is 2.58. The molecule has 0 amide bonds. The van der Waals surface area contributed by atoms with E-state index in [1.807, 2.05) is 25.0 Å². The Morgan fingerprint density at radius 3 is 3.07 bits per heavy atom. The van der Waals surface area contributed by atoms with Gasteiger partial charge in [0.2, 0.25) is 0 Å². The van der Waals surface area contributed by atoms with Gasteiger partial charge in [0.25, 0.3) is 0 Å². The lowest BCUT2D eigenvalue weighted by Crippen LogP contribution is -2.26. The van der Waals surface area contributed by atoms with E-state index < -0.39 is 0 Å². The van der Waals surface area contributed by atoms with Crippen LogP contribution in [0.1, 0.15) is 31.0 Å². The van der Waals surface area contributed by atoms with Crippen LogP contribution in [0.3, 0.4) is 0 Å². The predicted molar refractivity (Wildman–Crippen MR) is 58.0 cm³/mol.